The number of Topliss-reactive ketones (excluding diaryl/α,β-unsaturated/α-hetero) is 1. The molecule has 0 aliphatic carbocycles. The fourth-order valence-electron chi connectivity index (χ4n) is 2.00. The molecule has 0 fully saturated rings. The number of halogens is 1. The second-order valence-corrected chi connectivity index (χ2v) is 5.35. The van der Waals surface area contributed by atoms with Crippen molar-refractivity contribution in [1.82, 2.24) is 0 Å². The molecule has 0 spiro atoms. The molecule has 1 heterocycles. The molecule has 1 atom stereocenters. The Kier molecular flexibility index (Phi) is 3.88. The molecule has 100 valence electrons. The van der Waals surface area contributed by atoms with Crippen LogP contribution in [-0.4, -0.2) is 31.3 Å². The Morgan fingerprint density at radius 3 is 2.74 bits per heavy atom. The number of esters is 1. The van der Waals surface area contributed by atoms with Crippen LogP contribution >= 0.6 is 22.6 Å². The van der Waals surface area contributed by atoms with E-state index < -0.39 is 23.6 Å². The summed E-state index contributed by atoms with van der Waals surface area (Å²) in [7, 11) is 1.55. The van der Waals surface area contributed by atoms with Crippen molar-refractivity contribution in [1.29, 1.82) is 0 Å². The molecule has 1 amide bonds. The first kappa shape index (κ1) is 14.0. The van der Waals surface area contributed by atoms with Crippen molar-refractivity contribution >= 4 is 45.9 Å². The maximum Gasteiger partial charge on any atom is 0.326 e. The number of hydrogen-bond donors (Lipinski definition) is 0. The summed E-state index contributed by atoms with van der Waals surface area (Å²) in [6, 6.07) is 5.14. The average Bonchev–Trinajstić information content (AvgIpc) is 2.36. The van der Waals surface area contributed by atoms with E-state index in [1.165, 1.54) is 4.90 Å². The quantitative estimate of drug-likeness (QED) is 0.449. The topological polar surface area (TPSA) is 63.7 Å². The van der Waals surface area contributed by atoms with Gasteiger partial charge in [0.1, 0.15) is 0 Å². The van der Waals surface area contributed by atoms with E-state index in [2.05, 4.69) is 22.6 Å². The van der Waals surface area contributed by atoms with Gasteiger partial charge in [0, 0.05) is 16.2 Å². The SMILES string of the molecule is CCOC(=O)[C@H]1C(=O)c2ccc(I)cc2N(C)C1=O. The number of ketones is 1. The van der Waals surface area contributed by atoms with Crippen molar-refractivity contribution in [3.05, 3.63) is 27.3 Å². The molecule has 0 aromatic heterocycles. The lowest BCUT2D eigenvalue weighted by Gasteiger charge is -2.29. The van der Waals surface area contributed by atoms with Gasteiger partial charge >= 0.3 is 5.97 Å². The van der Waals surface area contributed by atoms with Gasteiger partial charge in [-0.2, -0.15) is 0 Å². The highest BCUT2D eigenvalue weighted by Crippen LogP contribution is 2.31. The van der Waals surface area contributed by atoms with Gasteiger partial charge in [-0.15, -0.1) is 0 Å². The predicted octanol–water partition coefficient (Wildman–Crippen LogP) is 1.63. The van der Waals surface area contributed by atoms with Crippen LogP contribution in [0.15, 0.2) is 18.2 Å². The molecule has 0 radical (unpaired) electrons. The van der Waals surface area contributed by atoms with Crippen LogP contribution in [0.3, 0.4) is 0 Å². The molecule has 0 saturated carbocycles. The number of rotatable bonds is 2. The van der Waals surface area contributed by atoms with Gasteiger partial charge in [0.25, 0.3) is 0 Å². The number of benzene rings is 1. The molecule has 5 nitrogen and oxygen atoms in total. The molecule has 19 heavy (non-hydrogen) atoms. The first-order valence-corrected chi connectivity index (χ1v) is 6.83. The molecule has 0 unspecified atom stereocenters. The fourth-order valence-corrected chi connectivity index (χ4v) is 2.48. The molecule has 1 aromatic carbocycles. The highest BCUT2D eigenvalue weighted by Gasteiger charge is 2.43. The standard InChI is InChI=1S/C13H12INO4/c1-3-19-13(18)10-11(16)8-5-4-7(14)6-9(8)15(2)12(10)17/h4-6,10H,3H2,1-2H3/t10-/m0/s1. The molecule has 1 aliphatic rings. The molecule has 1 aromatic rings. The van der Waals surface area contributed by atoms with E-state index in [0.29, 0.717) is 11.3 Å². The Morgan fingerprint density at radius 2 is 2.11 bits per heavy atom. The Labute approximate surface area is 124 Å². The lowest BCUT2D eigenvalue weighted by atomic mass is 9.90. The smallest absolute Gasteiger partial charge is 0.326 e. The van der Waals surface area contributed by atoms with Gasteiger partial charge in [0.2, 0.25) is 5.91 Å². The fraction of sp³-hybridized carbons (Fsp3) is 0.308. The van der Waals surface area contributed by atoms with Gasteiger partial charge in [-0.1, -0.05) is 0 Å². The average molecular weight is 373 g/mol. The van der Waals surface area contributed by atoms with Crippen molar-refractivity contribution in [2.45, 2.75) is 6.92 Å². The maximum atomic E-state index is 12.2. The number of nitrogens with zero attached hydrogens (tertiary/aromatic N) is 1. The Bertz CT molecular complexity index is 570. The highest BCUT2D eigenvalue weighted by molar-refractivity contribution is 14.1. The number of anilines is 1. The number of carbonyl (C=O) groups excluding carboxylic acids is 3. The van der Waals surface area contributed by atoms with Gasteiger partial charge in [0.05, 0.1) is 12.3 Å². The van der Waals surface area contributed by atoms with E-state index in [1.807, 2.05) is 0 Å². The number of ether oxygens (including phenoxy) is 1. The molecule has 2 rings (SSSR count). The lowest BCUT2D eigenvalue weighted by molar-refractivity contribution is -0.149. The molecule has 0 bridgehead atoms. The van der Waals surface area contributed by atoms with Crippen molar-refractivity contribution in [3.63, 3.8) is 0 Å². The van der Waals surface area contributed by atoms with Gasteiger partial charge in [-0.25, -0.2) is 0 Å². The second kappa shape index (κ2) is 5.28. The van der Waals surface area contributed by atoms with E-state index in [4.69, 9.17) is 4.74 Å². The zero-order chi connectivity index (χ0) is 14.2. The summed E-state index contributed by atoms with van der Waals surface area (Å²) < 4.78 is 5.72. The minimum atomic E-state index is -1.38. The molecule has 0 N–H and O–H groups in total. The van der Waals surface area contributed by atoms with Crippen molar-refractivity contribution < 1.29 is 19.1 Å². The minimum Gasteiger partial charge on any atom is -0.465 e. The van der Waals surface area contributed by atoms with Gasteiger partial charge in [0.15, 0.2) is 11.7 Å². The number of hydrogen-bond acceptors (Lipinski definition) is 4. The van der Waals surface area contributed by atoms with Crippen molar-refractivity contribution in [2.24, 2.45) is 5.92 Å². The third-order valence-electron chi connectivity index (χ3n) is 2.95. The maximum absolute atomic E-state index is 12.2. The lowest BCUT2D eigenvalue weighted by Crippen LogP contribution is -2.46. The summed E-state index contributed by atoms with van der Waals surface area (Å²) in [4.78, 5) is 37.5. The van der Waals surface area contributed by atoms with Crippen LogP contribution < -0.4 is 4.90 Å². The van der Waals surface area contributed by atoms with Crippen LogP contribution in [-0.2, 0) is 14.3 Å². The van der Waals surface area contributed by atoms with Crippen LogP contribution in [0.1, 0.15) is 17.3 Å². The summed E-state index contributed by atoms with van der Waals surface area (Å²) in [6.45, 7) is 1.77. The molecule has 0 saturated heterocycles. The monoisotopic (exact) mass is 373 g/mol. The third kappa shape index (κ3) is 2.36. The van der Waals surface area contributed by atoms with Crippen LogP contribution in [0.2, 0.25) is 0 Å². The van der Waals surface area contributed by atoms with E-state index in [0.717, 1.165) is 3.57 Å². The third-order valence-corrected chi connectivity index (χ3v) is 3.62. The summed E-state index contributed by atoms with van der Waals surface area (Å²) in [6.07, 6.45) is 0. The van der Waals surface area contributed by atoms with E-state index in [9.17, 15) is 14.4 Å². The van der Waals surface area contributed by atoms with Gasteiger partial charge < -0.3 is 9.64 Å². The number of amides is 1. The normalized spacial score (nSPS) is 18.3. The van der Waals surface area contributed by atoms with E-state index >= 15 is 0 Å². The molecule has 6 heteroatoms. The number of fused-ring (bicyclic) bond motifs is 1. The van der Waals surface area contributed by atoms with Crippen LogP contribution in [0.4, 0.5) is 5.69 Å². The molecular weight excluding hydrogens is 361 g/mol. The Hall–Kier alpha value is -1.44. The zero-order valence-electron chi connectivity index (χ0n) is 10.5. The van der Waals surface area contributed by atoms with Gasteiger partial charge in [-0.3, -0.25) is 14.4 Å². The second-order valence-electron chi connectivity index (χ2n) is 4.11. The zero-order valence-corrected chi connectivity index (χ0v) is 12.6. The van der Waals surface area contributed by atoms with Crippen LogP contribution in [0, 0.1) is 9.49 Å². The highest BCUT2D eigenvalue weighted by atomic mass is 127. The van der Waals surface area contributed by atoms with Gasteiger partial charge in [-0.05, 0) is 47.7 Å². The van der Waals surface area contributed by atoms with E-state index in [-0.39, 0.29) is 6.61 Å². The van der Waals surface area contributed by atoms with Crippen LogP contribution in [0.5, 0.6) is 0 Å². The predicted molar refractivity (Wildman–Crippen MR) is 77.0 cm³/mol. The largest absolute Gasteiger partial charge is 0.465 e. The minimum absolute atomic E-state index is 0.138. The summed E-state index contributed by atoms with van der Waals surface area (Å²) in [5, 5.41) is 0. The summed E-state index contributed by atoms with van der Waals surface area (Å²) in [5.41, 5.74) is 0.906. The molecular formula is C13H12INO4. The van der Waals surface area contributed by atoms with Crippen molar-refractivity contribution in [3.8, 4) is 0 Å². The Morgan fingerprint density at radius 1 is 1.42 bits per heavy atom. The van der Waals surface area contributed by atoms with Crippen LogP contribution in [0.25, 0.3) is 0 Å². The first-order valence-electron chi connectivity index (χ1n) is 5.75. The van der Waals surface area contributed by atoms with Crippen molar-refractivity contribution in [2.75, 3.05) is 18.6 Å². The summed E-state index contributed by atoms with van der Waals surface area (Å²) in [5.74, 6) is -3.20. The first-order chi connectivity index (χ1) is 8.97. The number of carbonyl (C=O) groups is 3. The van der Waals surface area contributed by atoms with E-state index in [1.54, 1.807) is 32.2 Å². The summed E-state index contributed by atoms with van der Waals surface area (Å²) >= 11 is 2.10. The molecule has 1 aliphatic heterocycles. The Balaban J connectivity index is 2.49.